The molecule has 1 aliphatic rings. The van der Waals surface area contributed by atoms with Crippen LogP contribution in [-0.2, 0) is 13.1 Å². The van der Waals surface area contributed by atoms with E-state index in [4.69, 9.17) is 0 Å². The lowest BCUT2D eigenvalue weighted by molar-refractivity contribution is 0.582. The third-order valence-electron chi connectivity index (χ3n) is 2.67. The predicted molar refractivity (Wildman–Crippen MR) is 73.2 cm³/mol. The van der Waals surface area contributed by atoms with Gasteiger partial charge in [-0.2, -0.15) is 28.6 Å². The van der Waals surface area contributed by atoms with Crippen LogP contribution in [0.1, 0.15) is 12.6 Å². The molecule has 1 atom stereocenters. The van der Waals surface area contributed by atoms with Crippen molar-refractivity contribution in [2.75, 3.05) is 23.8 Å². The molecule has 0 radical (unpaired) electrons. The highest BCUT2D eigenvalue weighted by molar-refractivity contribution is 8.06. The molecule has 0 saturated carbocycles. The summed E-state index contributed by atoms with van der Waals surface area (Å²) in [5.41, 5.74) is 1.29. The molecule has 2 heterocycles. The third-order valence-corrected chi connectivity index (χ3v) is 5.51. The van der Waals surface area contributed by atoms with Gasteiger partial charge in [-0.05, 0) is 13.0 Å². The van der Waals surface area contributed by atoms with E-state index in [-0.39, 0.29) is 0 Å². The van der Waals surface area contributed by atoms with Crippen LogP contribution >= 0.6 is 23.5 Å². The summed E-state index contributed by atoms with van der Waals surface area (Å²) in [6.07, 6.45) is 1.88. The molecule has 1 aliphatic heterocycles. The Morgan fingerprint density at radius 2 is 2.50 bits per heavy atom. The van der Waals surface area contributed by atoms with Crippen molar-refractivity contribution in [1.29, 1.82) is 0 Å². The first-order chi connectivity index (χ1) is 7.90. The average molecular weight is 257 g/mol. The molecule has 2 rings (SSSR count). The molecule has 3 nitrogen and oxygen atoms in total. The molecule has 90 valence electrons. The molecular formula is C11H19N3S2. The average Bonchev–Trinajstić information content (AvgIpc) is 2.78. The molecule has 0 aromatic carbocycles. The van der Waals surface area contributed by atoms with E-state index in [0.717, 1.165) is 24.9 Å². The van der Waals surface area contributed by atoms with Gasteiger partial charge in [0.1, 0.15) is 0 Å². The second kappa shape index (κ2) is 6.57. The zero-order chi connectivity index (χ0) is 11.2. The summed E-state index contributed by atoms with van der Waals surface area (Å²) < 4.78 is 2.05. The van der Waals surface area contributed by atoms with Gasteiger partial charge in [0.25, 0.3) is 0 Å². The van der Waals surface area contributed by atoms with Crippen molar-refractivity contribution < 1.29 is 0 Å². The molecule has 1 N–H and O–H groups in total. The Kier molecular flexibility index (Phi) is 5.06. The highest BCUT2D eigenvalue weighted by Crippen LogP contribution is 2.23. The van der Waals surface area contributed by atoms with Gasteiger partial charge in [0.15, 0.2) is 0 Å². The minimum Gasteiger partial charge on any atom is -0.310 e. The third kappa shape index (κ3) is 3.43. The summed E-state index contributed by atoms with van der Waals surface area (Å²) in [6, 6.07) is 2.10. The van der Waals surface area contributed by atoms with Crippen LogP contribution in [0.15, 0.2) is 12.3 Å². The Labute approximate surface area is 106 Å². The van der Waals surface area contributed by atoms with Crippen molar-refractivity contribution in [3.8, 4) is 0 Å². The Bertz CT molecular complexity index is 308. The van der Waals surface area contributed by atoms with Crippen LogP contribution in [-0.4, -0.2) is 38.8 Å². The van der Waals surface area contributed by atoms with Crippen LogP contribution in [0, 0.1) is 0 Å². The SMILES string of the molecule is CCn1nccc1CNCC1CSCCS1. The highest BCUT2D eigenvalue weighted by atomic mass is 32.2. The maximum Gasteiger partial charge on any atom is 0.0521 e. The zero-order valence-corrected chi connectivity index (χ0v) is 11.3. The van der Waals surface area contributed by atoms with Gasteiger partial charge in [0, 0.05) is 48.3 Å². The second-order valence-corrected chi connectivity index (χ2v) is 6.40. The van der Waals surface area contributed by atoms with Gasteiger partial charge in [0.05, 0.1) is 5.69 Å². The molecule has 0 aliphatic carbocycles. The first-order valence-corrected chi connectivity index (χ1v) is 8.01. The van der Waals surface area contributed by atoms with Crippen LogP contribution in [0.5, 0.6) is 0 Å². The van der Waals surface area contributed by atoms with Gasteiger partial charge in [-0.15, -0.1) is 0 Å². The highest BCUT2D eigenvalue weighted by Gasteiger charge is 2.13. The van der Waals surface area contributed by atoms with E-state index in [1.807, 2.05) is 6.20 Å². The molecule has 0 bridgehead atoms. The quantitative estimate of drug-likeness (QED) is 0.872. The van der Waals surface area contributed by atoms with Crippen LogP contribution in [0.25, 0.3) is 0 Å². The van der Waals surface area contributed by atoms with Crippen LogP contribution < -0.4 is 5.32 Å². The Morgan fingerprint density at radius 3 is 3.25 bits per heavy atom. The van der Waals surface area contributed by atoms with Crippen LogP contribution in [0.2, 0.25) is 0 Å². The Balaban J connectivity index is 1.71. The zero-order valence-electron chi connectivity index (χ0n) is 9.69. The van der Waals surface area contributed by atoms with Crippen molar-refractivity contribution >= 4 is 23.5 Å². The van der Waals surface area contributed by atoms with Gasteiger partial charge >= 0.3 is 0 Å². The Morgan fingerprint density at radius 1 is 1.56 bits per heavy atom. The molecule has 1 unspecified atom stereocenters. The number of nitrogens with zero attached hydrogens (tertiary/aromatic N) is 2. The summed E-state index contributed by atoms with van der Waals surface area (Å²) in [4.78, 5) is 0. The fourth-order valence-corrected chi connectivity index (χ4v) is 4.46. The predicted octanol–water partition coefficient (Wildman–Crippen LogP) is 1.84. The van der Waals surface area contributed by atoms with Crippen molar-refractivity contribution in [1.82, 2.24) is 15.1 Å². The van der Waals surface area contributed by atoms with E-state index in [0.29, 0.717) is 0 Å². The Hall–Kier alpha value is -0.130. The van der Waals surface area contributed by atoms with E-state index in [9.17, 15) is 0 Å². The van der Waals surface area contributed by atoms with E-state index in [2.05, 4.69) is 51.6 Å². The van der Waals surface area contributed by atoms with Crippen molar-refractivity contribution in [2.45, 2.75) is 25.3 Å². The van der Waals surface area contributed by atoms with Gasteiger partial charge in [-0.25, -0.2) is 0 Å². The maximum atomic E-state index is 4.27. The summed E-state index contributed by atoms with van der Waals surface area (Å²) in [7, 11) is 0. The topological polar surface area (TPSA) is 29.9 Å². The van der Waals surface area contributed by atoms with Crippen molar-refractivity contribution in [3.05, 3.63) is 18.0 Å². The monoisotopic (exact) mass is 257 g/mol. The smallest absolute Gasteiger partial charge is 0.0521 e. The summed E-state index contributed by atoms with van der Waals surface area (Å²) >= 11 is 4.18. The van der Waals surface area contributed by atoms with Gasteiger partial charge in [0.2, 0.25) is 0 Å². The van der Waals surface area contributed by atoms with Gasteiger partial charge < -0.3 is 5.32 Å². The van der Waals surface area contributed by atoms with Gasteiger partial charge in [-0.3, -0.25) is 4.68 Å². The number of nitrogens with one attached hydrogen (secondary N) is 1. The fraction of sp³-hybridized carbons (Fsp3) is 0.727. The van der Waals surface area contributed by atoms with E-state index in [1.54, 1.807) is 0 Å². The van der Waals surface area contributed by atoms with Crippen molar-refractivity contribution in [2.24, 2.45) is 0 Å². The maximum absolute atomic E-state index is 4.27. The standard InChI is InChI=1S/C11H19N3S2/c1-2-14-10(3-4-13-14)7-12-8-11-9-15-5-6-16-11/h3-4,11-12H,2,5-9H2,1H3. The van der Waals surface area contributed by atoms with Crippen LogP contribution in [0.3, 0.4) is 0 Å². The number of aryl methyl sites for hydroxylation is 1. The molecule has 1 aromatic heterocycles. The molecule has 0 spiro atoms. The summed E-state index contributed by atoms with van der Waals surface area (Å²) in [5, 5.41) is 8.59. The molecular weight excluding hydrogens is 238 g/mol. The molecule has 16 heavy (non-hydrogen) atoms. The lowest BCUT2D eigenvalue weighted by atomic mass is 10.4. The largest absolute Gasteiger partial charge is 0.310 e. The molecule has 5 heteroatoms. The van der Waals surface area contributed by atoms with E-state index in [1.165, 1.54) is 23.0 Å². The number of rotatable bonds is 5. The minimum absolute atomic E-state index is 0.789. The summed E-state index contributed by atoms with van der Waals surface area (Å²) in [6.45, 7) is 5.14. The van der Waals surface area contributed by atoms with Crippen LogP contribution in [0.4, 0.5) is 0 Å². The number of aromatic nitrogens is 2. The molecule has 1 fully saturated rings. The lowest BCUT2D eigenvalue weighted by Crippen LogP contribution is -2.29. The lowest BCUT2D eigenvalue weighted by Gasteiger charge is -2.21. The second-order valence-electron chi connectivity index (χ2n) is 3.84. The molecule has 1 saturated heterocycles. The van der Waals surface area contributed by atoms with E-state index >= 15 is 0 Å². The fourth-order valence-electron chi connectivity index (χ4n) is 1.81. The van der Waals surface area contributed by atoms with Gasteiger partial charge in [-0.1, -0.05) is 0 Å². The minimum atomic E-state index is 0.789. The molecule has 0 amide bonds. The molecule has 1 aromatic rings. The number of hydrogen-bond acceptors (Lipinski definition) is 4. The normalized spacial score (nSPS) is 21.2. The van der Waals surface area contributed by atoms with Crippen molar-refractivity contribution in [3.63, 3.8) is 0 Å². The summed E-state index contributed by atoms with van der Waals surface area (Å²) in [5.74, 6) is 3.93. The first kappa shape index (κ1) is 12.3. The van der Waals surface area contributed by atoms with E-state index < -0.39 is 0 Å². The first-order valence-electron chi connectivity index (χ1n) is 5.81. The number of thioether (sulfide) groups is 2. The number of hydrogen-bond donors (Lipinski definition) is 1.